The van der Waals surface area contributed by atoms with Crippen LogP contribution in [0.4, 0.5) is 13.2 Å². The van der Waals surface area contributed by atoms with Crippen molar-refractivity contribution in [2.24, 2.45) is 5.73 Å². The van der Waals surface area contributed by atoms with Gasteiger partial charge in [-0.3, -0.25) is 14.3 Å². The van der Waals surface area contributed by atoms with Crippen molar-refractivity contribution in [3.63, 3.8) is 0 Å². The Morgan fingerprint density at radius 3 is 2.62 bits per heavy atom. The Morgan fingerprint density at radius 1 is 1.28 bits per heavy atom. The number of carbonyl (C=O) groups is 2. The second-order valence-electron chi connectivity index (χ2n) is 7.09. The summed E-state index contributed by atoms with van der Waals surface area (Å²) >= 11 is 0. The van der Waals surface area contributed by atoms with Crippen LogP contribution in [0.5, 0.6) is 0 Å². The molecular formula is C17H18F3N5O4. The molecule has 4 rings (SSSR count). The van der Waals surface area contributed by atoms with Gasteiger partial charge in [0, 0.05) is 12.2 Å². The Hall–Kier alpha value is -2.73. The lowest BCUT2D eigenvalue weighted by Crippen LogP contribution is -2.49. The third-order valence-corrected chi connectivity index (χ3v) is 4.78. The number of hydrogen-bond acceptors (Lipinski definition) is 6. The van der Waals surface area contributed by atoms with Crippen LogP contribution < -0.4 is 11.1 Å². The maximum atomic E-state index is 12.6. The van der Waals surface area contributed by atoms with Crippen LogP contribution in [0.2, 0.25) is 0 Å². The third-order valence-electron chi connectivity index (χ3n) is 4.78. The fourth-order valence-corrected chi connectivity index (χ4v) is 3.17. The molecule has 0 aliphatic heterocycles. The van der Waals surface area contributed by atoms with Gasteiger partial charge in [-0.15, -0.1) is 13.2 Å². The molecule has 2 aromatic rings. The number of halogens is 3. The first-order valence-electron chi connectivity index (χ1n) is 9.04. The molecule has 0 atom stereocenters. The van der Waals surface area contributed by atoms with Crippen molar-refractivity contribution < 1.29 is 32.2 Å². The zero-order valence-electron chi connectivity index (χ0n) is 15.1. The van der Waals surface area contributed by atoms with Crippen LogP contribution >= 0.6 is 0 Å². The Morgan fingerprint density at radius 2 is 2.00 bits per heavy atom. The van der Waals surface area contributed by atoms with E-state index < -0.39 is 30.3 Å². The van der Waals surface area contributed by atoms with Crippen molar-refractivity contribution in [1.29, 1.82) is 0 Å². The van der Waals surface area contributed by atoms with Gasteiger partial charge in [0.05, 0.1) is 18.8 Å². The van der Waals surface area contributed by atoms with Gasteiger partial charge in [-0.2, -0.15) is 5.10 Å². The largest absolute Gasteiger partial charge is 0.522 e. The Labute approximate surface area is 162 Å². The molecule has 156 valence electrons. The van der Waals surface area contributed by atoms with Crippen molar-refractivity contribution in [2.45, 2.75) is 56.9 Å². The van der Waals surface area contributed by atoms with Gasteiger partial charge in [0.2, 0.25) is 0 Å². The molecule has 3 N–H and O–H groups in total. The van der Waals surface area contributed by atoms with E-state index in [0.29, 0.717) is 0 Å². The number of nitrogens with zero attached hydrogens (tertiary/aromatic N) is 3. The molecule has 2 saturated carbocycles. The number of amides is 2. The monoisotopic (exact) mass is 413 g/mol. The molecule has 2 aromatic heterocycles. The molecule has 12 heteroatoms. The number of nitrogens with two attached hydrogens (primary N) is 1. The zero-order chi connectivity index (χ0) is 20.8. The molecule has 0 unspecified atom stereocenters. The van der Waals surface area contributed by atoms with Crippen LogP contribution in [0.25, 0.3) is 5.65 Å². The molecule has 2 aliphatic carbocycles. The third kappa shape index (κ3) is 4.32. The molecular weight excluding hydrogens is 395 g/mol. The number of ether oxygens (including phenoxy) is 2. The summed E-state index contributed by atoms with van der Waals surface area (Å²) in [7, 11) is 0. The van der Waals surface area contributed by atoms with E-state index in [2.05, 4.69) is 20.1 Å². The number of alkyl halides is 3. The molecule has 0 radical (unpaired) electrons. The molecule has 9 nitrogen and oxygen atoms in total. The van der Waals surface area contributed by atoms with E-state index in [4.69, 9.17) is 10.5 Å². The topological polar surface area (TPSA) is 121 Å². The molecule has 2 amide bonds. The maximum Gasteiger partial charge on any atom is 0.522 e. The molecule has 2 heterocycles. The van der Waals surface area contributed by atoms with E-state index >= 15 is 0 Å². The lowest BCUT2D eigenvalue weighted by molar-refractivity contribution is -0.351. The highest BCUT2D eigenvalue weighted by Crippen LogP contribution is 2.30. The summed E-state index contributed by atoms with van der Waals surface area (Å²) in [6.45, 7) is 0.0619. The summed E-state index contributed by atoms with van der Waals surface area (Å²) < 4.78 is 47.3. The van der Waals surface area contributed by atoms with Gasteiger partial charge in [0.1, 0.15) is 17.0 Å². The normalized spacial score (nSPS) is 21.8. The van der Waals surface area contributed by atoms with E-state index in [1.165, 1.54) is 16.8 Å². The van der Waals surface area contributed by atoms with Gasteiger partial charge >= 0.3 is 6.36 Å². The predicted molar refractivity (Wildman–Crippen MR) is 90.7 cm³/mol. The van der Waals surface area contributed by atoms with Crippen LogP contribution in [0.3, 0.4) is 0 Å². The van der Waals surface area contributed by atoms with Crippen molar-refractivity contribution in [1.82, 2.24) is 19.9 Å². The summed E-state index contributed by atoms with van der Waals surface area (Å²) in [6, 6.07) is 0.940. The van der Waals surface area contributed by atoms with Gasteiger partial charge in [0.15, 0.2) is 5.65 Å². The number of primary amides is 1. The number of aromatic nitrogens is 3. The molecule has 29 heavy (non-hydrogen) atoms. The number of hydrogen-bond donors (Lipinski definition) is 2. The molecule has 0 aromatic carbocycles. The highest BCUT2D eigenvalue weighted by Gasteiger charge is 2.40. The number of fused-ring (bicyclic) bond motifs is 1. The van der Waals surface area contributed by atoms with Gasteiger partial charge in [-0.05, 0) is 31.7 Å². The minimum absolute atomic E-state index is 0.0472. The fourth-order valence-electron chi connectivity index (χ4n) is 3.17. The minimum atomic E-state index is -4.70. The first-order valence-corrected chi connectivity index (χ1v) is 9.04. The summed E-state index contributed by atoms with van der Waals surface area (Å²) in [4.78, 5) is 28.6. The van der Waals surface area contributed by atoms with Crippen molar-refractivity contribution in [3.05, 3.63) is 29.2 Å². The first kappa shape index (κ1) is 19.6. The number of rotatable bonds is 7. The molecule has 0 spiro atoms. The van der Waals surface area contributed by atoms with E-state index in [0.717, 1.165) is 12.8 Å². The SMILES string of the molecule is NC(=O)c1c(COC2CC2)nn2c(C(=O)NC3CC(OC(F)(F)F)C3)ccnc12. The summed E-state index contributed by atoms with van der Waals surface area (Å²) in [5.41, 5.74) is 6.00. The average molecular weight is 413 g/mol. The average Bonchev–Trinajstić information content (AvgIpc) is 3.34. The lowest BCUT2D eigenvalue weighted by atomic mass is 9.89. The first-order chi connectivity index (χ1) is 13.7. The molecule has 0 bridgehead atoms. The number of nitrogens with one attached hydrogen (secondary N) is 1. The van der Waals surface area contributed by atoms with Gasteiger partial charge in [-0.1, -0.05) is 0 Å². The summed E-state index contributed by atoms with van der Waals surface area (Å²) in [6.07, 6.45) is -2.25. The van der Waals surface area contributed by atoms with Crippen LogP contribution in [-0.2, 0) is 16.1 Å². The van der Waals surface area contributed by atoms with Crippen LogP contribution in [0.15, 0.2) is 12.3 Å². The Balaban J connectivity index is 1.50. The standard InChI is InChI=1S/C17H18F3N5O4/c18-17(19,20)29-10-5-8(6-10)23-16(27)12-3-4-22-15-13(14(21)26)11(24-25(12)15)7-28-9-1-2-9/h3-4,8-10H,1-2,5-7H2,(H2,21,26)(H,23,27). The minimum Gasteiger partial charge on any atom is -0.372 e. The van der Waals surface area contributed by atoms with Crippen LogP contribution in [0.1, 0.15) is 52.2 Å². The van der Waals surface area contributed by atoms with Crippen LogP contribution in [0, 0.1) is 0 Å². The highest BCUT2D eigenvalue weighted by atomic mass is 19.4. The van der Waals surface area contributed by atoms with E-state index in [1.54, 1.807) is 0 Å². The van der Waals surface area contributed by atoms with E-state index in [9.17, 15) is 22.8 Å². The molecule has 2 aliphatic rings. The fraction of sp³-hybridized carbons (Fsp3) is 0.529. The second kappa shape index (κ2) is 7.26. The zero-order valence-corrected chi connectivity index (χ0v) is 15.1. The van der Waals surface area contributed by atoms with Crippen molar-refractivity contribution in [2.75, 3.05) is 0 Å². The highest BCUT2D eigenvalue weighted by molar-refractivity contribution is 6.01. The van der Waals surface area contributed by atoms with Gasteiger partial charge < -0.3 is 15.8 Å². The maximum absolute atomic E-state index is 12.6. The van der Waals surface area contributed by atoms with E-state index in [1.807, 2.05) is 0 Å². The van der Waals surface area contributed by atoms with Crippen molar-refractivity contribution >= 4 is 17.5 Å². The number of carbonyl (C=O) groups excluding carboxylic acids is 2. The van der Waals surface area contributed by atoms with Crippen LogP contribution in [-0.4, -0.2) is 51.0 Å². The Kier molecular flexibility index (Phi) is 4.90. The summed E-state index contributed by atoms with van der Waals surface area (Å²) in [5.74, 6) is -1.30. The Bertz CT molecular complexity index is 950. The quantitative estimate of drug-likeness (QED) is 0.706. The van der Waals surface area contributed by atoms with Gasteiger partial charge in [-0.25, -0.2) is 9.50 Å². The van der Waals surface area contributed by atoms with Gasteiger partial charge in [0.25, 0.3) is 11.8 Å². The van der Waals surface area contributed by atoms with Crippen molar-refractivity contribution in [3.8, 4) is 0 Å². The van der Waals surface area contributed by atoms with E-state index in [-0.39, 0.29) is 48.2 Å². The lowest BCUT2D eigenvalue weighted by Gasteiger charge is -2.35. The molecule has 0 saturated heterocycles. The predicted octanol–water partition coefficient (Wildman–Crippen LogP) is 1.30. The molecule has 2 fully saturated rings. The second-order valence-corrected chi connectivity index (χ2v) is 7.09. The summed E-state index contributed by atoms with van der Waals surface area (Å²) in [5, 5.41) is 6.90. The smallest absolute Gasteiger partial charge is 0.372 e.